The fourth-order valence-electron chi connectivity index (χ4n) is 6.91. The molecule has 0 aromatic carbocycles. The summed E-state index contributed by atoms with van der Waals surface area (Å²) in [6, 6.07) is -15.0. The van der Waals surface area contributed by atoms with Crippen LogP contribution < -0.4 is 59.7 Å². The van der Waals surface area contributed by atoms with E-state index in [0.717, 1.165) is 0 Å². The Kier molecular flexibility index (Phi) is 32.1. The summed E-state index contributed by atoms with van der Waals surface area (Å²) in [5, 5.41) is 75.6. The molecule has 0 aliphatic carbocycles. The molecule has 430 valence electrons. The van der Waals surface area contributed by atoms with Gasteiger partial charge >= 0.3 is 29.8 Å². The molecule has 0 saturated heterocycles. The van der Waals surface area contributed by atoms with Gasteiger partial charge in [0.25, 0.3) is 0 Å². The van der Waals surface area contributed by atoms with E-state index >= 15 is 0 Å². The Morgan fingerprint density at radius 2 is 0.724 bits per heavy atom. The first-order valence-electron chi connectivity index (χ1n) is 24.3. The number of carbonyl (C=O) groups is 14. The summed E-state index contributed by atoms with van der Waals surface area (Å²) in [6.07, 6.45) is -6.16. The van der Waals surface area contributed by atoms with Crippen LogP contribution in [0.1, 0.15) is 118 Å². The summed E-state index contributed by atoms with van der Waals surface area (Å²) in [5.74, 6) is -18.3. The molecule has 0 heterocycles. The first kappa shape index (κ1) is 68.5. The molecular weight excluding hydrogens is 1010 g/mol. The van der Waals surface area contributed by atoms with Crippen molar-refractivity contribution in [1.29, 1.82) is 0 Å². The SMILES string of the molecule is CC(C)C[C@H](NC(=O)[C@@H](N)CCC(N)=O)C(=O)N[C@@H](CO)C(=O)N[C@@H](CCC(=O)O)C(=O)N[C@@H](CCC(=O)O)C(=O)N[C@@H](CCC(=O)O)C(=O)N[C@@H](CCC(=O)O)C(=O)N[C@@H](CCCCN)C(=O)N[C@H](C(=O)O)C(C)C. The van der Waals surface area contributed by atoms with E-state index in [4.69, 9.17) is 17.2 Å². The number of rotatable bonds is 40. The Labute approximate surface area is 436 Å². The van der Waals surface area contributed by atoms with Crippen LogP contribution in [-0.4, -0.2) is 181 Å². The van der Waals surface area contributed by atoms with Gasteiger partial charge in [-0.1, -0.05) is 27.7 Å². The predicted molar refractivity (Wildman–Crippen MR) is 261 cm³/mol. The summed E-state index contributed by atoms with van der Waals surface area (Å²) in [7, 11) is 0. The van der Waals surface area contributed by atoms with Gasteiger partial charge in [0, 0.05) is 32.1 Å². The summed E-state index contributed by atoms with van der Waals surface area (Å²) < 4.78 is 0. The fourth-order valence-corrected chi connectivity index (χ4v) is 6.91. The van der Waals surface area contributed by atoms with Crippen LogP contribution >= 0.6 is 0 Å². The molecule has 0 aliphatic rings. The first-order chi connectivity index (χ1) is 35.4. The number of hydrogen-bond donors (Lipinski definition) is 17. The average Bonchev–Trinajstić information content (AvgIpc) is 3.32. The number of carbonyl (C=O) groups excluding carboxylic acids is 9. The molecule has 0 radical (unpaired) electrons. The van der Waals surface area contributed by atoms with Crippen molar-refractivity contribution in [2.24, 2.45) is 29.0 Å². The molecule has 31 heteroatoms. The van der Waals surface area contributed by atoms with Gasteiger partial charge in [-0.25, -0.2) is 4.79 Å². The smallest absolute Gasteiger partial charge is 0.326 e. The lowest BCUT2D eigenvalue weighted by molar-refractivity contribution is -0.143. The number of hydrogen-bond acceptors (Lipinski definition) is 17. The molecule has 0 bridgehead atoms. The molecule has 31 nitrogen and oxygen atoms in total. The van der Waals surface area contributed by atoms with Gasteiger partial charge < -0.3 is 90.4 Å². The molecule has 0 fully saturated rings. The number of carboxylic acids is 5. The van der Waals surface area contributed by atoms with Crippen LogP contribution in [0.5, 0.6) is 0 Å². The largest absolute Gasteiger partial charge is 0.481 e. The lowest BCUT2D eigenvalue weighted by Gasteiger charge is -2.28. The number of aliphatic hydroxyl groups is 1. The summed E-state index contributed by atoms with van der Waals surface area (Å²) in [4.78, 5) is 178. The standard InChI is InChI=1S/C45H75N11O20/c1-21(2)19-29(54-37(67)23(47)8-13-31(48)58)43(73)55-30(20-57)44(74)53-28(12-17-35(65)66)41(71)52-27(11-16-34(63)64)40(70)51-26(10-15-33(61)62)39(69)50-25(9-14-32(59)60)38(68)49-24(7-5-6-18-46)42(72)56-36(22(3)4)45(75)76/h21-30,36,57H,5-20,46-47H2,1-4H3,(H2,48,58)(H,49,68)(H,50,69)(H,51,70)(H,52,71)(H,53,74)(H,54,67)(H,55,73)(H,56,72)(H,59,60)(H,61,62)(H,63,64)(H,65,66)(H,75,76)/t23-,24-,25-,26-,27-,28-,29-,30-,36-/m0/s1. The maximum Gasteiger partial charge on any atom is 0.326 e. The van der Waals surface area contributed by atoms with E-state index in [0.29, 0.717) is 6.42 Å². The van der Waals surface area contributed by atoms with E-state index in [1.165, 1.54) is 13.8 Å². The number of unbranched alkanes of at least 4 members (excludes halogenated alkanes) is 1. The fraction of sp³-hybridized carbons (Fsp3) is 0.689. The Balaban J connectivity index is 6.83. The van der Waals surface area contributed by atoms with E-state index in [1.54, 1.807) is 13.8 Å². The van der Waals surface area contributed by atoms with Crippen molar-refractivity contribution >= 4 is 83.0 Å². The van der Waals surface area contributed by atoms with Crippen LogP contribution in [0.15, 0.2) is 0 Å². The molecule has 0 aliphatic heterocycles. The molecule has 9 atom stereocenters. The zero-order valence-corrected chi connectivity index (χ0v) is 42.8. The molecule has 0 spiro atoms. The van der Waals surface area contributed by atoms with Crippen molar-refractivity contribution in [2.45, 2.75) is 172 Å². The second-order valence-electron chi connectivity index (χ2n) is 18.4. The molecule has 20 N–H and O–H groups in total. The van der Waals surface area contributed by atoms with Crippen molar-refractivity contribution in [1.82, 2.24) is 42.5 Å². The van der Waals surface area contributed by atoms with Gasteiger partial charge in [0.05, 0.1) is 12.6 Å². The number of carboxylic acid groups (broad SMARTS) is 5. The highest BCUT2D eigenvalue weighted by Crippen LogP contribution is 2.12. The monoisotopic (exact) mass is 1090 g/mol. The molecule has 9 amide bonds. The second kappa shape index (κ2) is 35.6. The lowest BCUT2D eigenvalue weighted by Crippen LogP contribution is -2.61. The Bertz CT molecular complexity index is 2060. The number of aliphatic carboxylic acids is 5. The van der Waals surface area contributed by atoms with Crippen molar-refractivity contribution in [3.63, 3.8) is 0 Å². The average molecular weight is 1090 g/mol. The number of aliphatic hydroxyl groups excluding tert-OH is 1. The van der Waals surface area contributed by atoms with Crippen LogP contribution in [-0.2, 0) is 67.1 Å². The summed E-state index contributed by atoms with van der Waals surface area (Å²) in [5.41, 5.74) is 16.5. The third-order valence-electron chi connectivity index (χ3n) is 11.1. The third-order valence-corrected chi connectivity index (χ3v) is 11.1. The third kappa shape index (κ3) is 28.2. The van der Waals surface area contributed by atoms with Gasteiger partial charge in [0.15, 0.2) is 0 Å². The quantitative estimate of drug-likeness (QED) is 0.0255. The topological polar surface area (TPSA) is 535 Å². The van der Waals surface area contributed by atoms with Gasteiger partial charge in [-0.3, -0.25) is 62.3 Å². The van der Waals surface area contributed by atoms with Gasteiger partial charge in [0.2, 0.25) is 53.2 Å². The maximum atomic E-state index is 13.9. The van der Waals surface area contributed by atoms with Crippen LogP contribution in [0.25, 0.3) is 0 Å². The van der Waals surface area contributed by atoms with E-state index in [1.807, 2.05) is 0 Å². The van der Waals surface area contributed by atoms with Crippen molar-refractivity contribution in [3.8, 4) is 0 Å². The van der Waals surface area contributed by atoms with E-state index < -0.39 is 201 Å². The highest BCUT2D eigenvalue weighted by atomic mass is 16.4. The Morgan fingerprint density at radius 1 is 0.408 bits per heavy atom. The van der Waals surface area contributed by atoms with Crippen molar-refractivity contribution in [2.75, 3.05) is 13.2 Å². The van der Waals surface area contributed by atoms with Crippen LogP contribution in [0.3, 0.4) is 0 Å². The van der Waals surface area contributed by atoms with Crippen LogP contribution in [0.4, 0.5) is 0 Å². The van der Waals surface area contributed by atoms with Crippen LogP contribution in [0.2, 0.25) is 0 Å². The minimum absolute atomic E-state index is 0.0319. The van der Waals surface area contributed by atoms with Crippen molar-refractivity contribution < 1.29 is 97.8 Å². The maximum absolute atomic E-state index is 13.9. The molecular formula is C45H75N11O20. The number of nitrogens with two attached hydrogens (primary N) is 3. The number of amides is 9. The van der Waals surface area contributed by atoms with E-state index in [-0.39, 0.29) is 44.6 Å². The van der Waals surface area contributed by atoms with Gasteiger partial charge in [-0.2, -0.15) is 0 Å². The minimum atomic E-state index is -1.96. The zero-order valence-electron chi connectivity index (χ0n) is 42.8. The normalized spacial score (nSPS) is 14.6. The van der Waals surface area contributed by atoms with E-state index in [9.17, 15) is 97.8 Å². The first-order valence-corrected chi connectivity index (χ1v) is 24.3. The number of primary amides is 1. The number of nitrogens with one attached hydrogen (secondary N) is 8. The summed E-state index contributed by atoms with van der Waals surface area (Å²) >= 11 is 0. The van der Waals surface area contributed by atoms with Crippen molar-refractivity contribution in [3.05, 3.63) is 0 Å². The molecule has 0 aromatic heterocycles. The summed E-state index contributed by atoms with van der Waals surface area (Å²) in [6.45, 7) is 5.42. The zero-order chi connectivity index (χ0) is 58.4. The predicted octanol–water partition coefficient (Wildman–Crippen LogP) is -5.18. The Hall–Kier alpha value is -7.54. The molecule has 0 aromatic rings. The second-order valence-corrected chi connectivity index (χ2v) is 18.4. The van der Waals surface area contributed by atoms with Gasteiger partial charge in [-0.15, -0.1) is 0 Å². The molecule has 76 heavy (non-hydrogen) atoms. The molecule has 0 rings (SSSR count). The van der Waals surface area contributed by atoms with E-state index in [2.05, 4.69) is 42.5 Å². The molecule has 0 saturated carbocycles. The van der Waals surface area contributed by atoms with Crippen LogP contribution in [0, 0.1) is 11.8 Å². The van der Waals surface area contributed by atoms with Gasteiger partial charge in [-0.05, 0) is 76.2 Å². The van der Waals surface area contributed by atoms with Gasteiger partial charge in [0.1, 0.15) is 48.3 Å². The molecule has 0 unspecified atom stereocenters. The highest BCUT2D eigenvalue weighted by Gasteiger charge is 2.36. The minimum Gasteiger partial charge on any atom is -0.481 e. The lowest BCUT2D eigenvalue weighted by atomic mass is 10.0. The highest BCUT2D eigenvalue weighted by molar-refractivity contribution is 5.98. The Morgan fingerprint density at radius 3 is 1.03 bits per heavy atom.